The summed E-state index contributed by atoms with van der Waals surface area (Å²) in [5, 5.41) is 9.15. The van der Waals surface area contributed by atoms with Crippen LogP contribution in [0.1, 0.15) is 25.0 Å². The van der Waals surface area contributed by atoms with Crippen LogP contribution in [-0.4, -0.2) is 30.4 Å². The van der Waals surface area contributed by atoms with E-state index in [4.69, 9.17) is 14.6 Å². The van der Waals surface area contributed by atoms with Crippen molar-refractivity contribution in [2.45, 2.75) is 26.4 Å². The van der Waals surface area contributed by atoms with Gasteiger partial charge in [0.1, 0.15) is 12.4 Å². The van der Waals surface area contributed by atoms with Crippen LogP contribution in [0.5, 0.6) is 5.75 Å². The maximum atomic E-state index is 11.2. The van der Waals surface area contributed by atoms with Crippen molar-refractivity contribution in [1.82, 2.24) is 0 Å². The molecular formula is C21H22Br2O4. The average Bonchev–Trinajstić information content (AvgIpc) is 2.61. The Morgan fingerprint density at radius 3 is 2.33 bits per heavy atom. The summed E-state index contributed by atoms with van der Waals surface area (Å²) >= 11 is 6.99. The highest BCUT2D eigenvalue weighted by Crippen LogP contribution is 2.24. The molecule has 0 bridgehead atoms. The van der Waals surface area contributed by atoms with Crippen molar-refractivity contribution in [2.24, 2.45) is 0 Å². The van der Waals surface area contributed by atoms with Crippen LogP contribution in [0.3, 0.4) is 0 Å². The number of carbonyl (C=O) groups is 1. The number of carboxylic acids is 1. The molecule has 0 aliphatic carbocycles. The third-order valence-electron chi connectivity index (χ3n) is 3.95. The highest BCUT2D eigenvalue weighted by Gasteiger charge is 2.17. The number of benzene rings is 2. The maximum absolute atomic E-state index is 11.2. The molecule has 1 atom stereocenters. The van der Waals surface area contributed by atoms with Crippen LogP contribution in [0, 0.1) is 0 Å². The lowest BCUT2D eigenvalue weighted by atomic mass is 10.1. The van der Waals surface area contributed by atoms with E-state index < -0.39 is 12.1 Å². The molecule has 6 heteroatoms. The molecule has 0 aliphatic rings. The molecule has 0 heterocycles. The molecule has 0 spiro atoms. The molecule has 144 valence electrons. The normalized spacial score (nSPS) is 12.7. The number of hydrogen-bond acceptors (Lipinski definition) is 3. The minimum absolute atomic E-state index is 0.334. The first-order chi connectivity index (χ1) is 12.9. The van der Waals surface area contributed by atoms with Gasteiger partial charge >= 0.3 is 5.97 Å². The molecule has 2 aromatic carbocycles. The minimum atomic E-state index is -0.947. The Morgan fingerprint density at radius 1 is 1.15 bits per heavy atom. The van der Waals surface area contributed by atoms with E-state index >= 15 is 0 Å². The first-order valence-electron chi connectivity index (χ1n) is 8.58. The van der Waals surface area contributed by atoms with E-state index in [0.717, 1.165) is 31.4 Å². The second-order valence-electron chi connectivity index (χ2n) is 5.99. The predicted molar refractivity (Wildman–Crippen MR) is 114 cm³/mol. The summed E-state index contributed by atoms with van der Waals surface area (Å²) in [6.45, 7) is 4.65. The molecule has 4 nitrogen and oxygen atoms in total. The van der Waals surface area contributed by atoms with Gasteiger partial charge in [-0.1, -0.05) is 44.0 Å². The Bertz CT molecular complexity index is 780. The number of hydrogen-bond donors (Lipinski definition) is 1. The summed E-state index contributed by atoms with van der Waals surface area (Å²) in [7, 11) is 0. The molecule has 0 radical (unpaired) electrons. The zero-order chi connectivity index (χ0) is 19.8. The fourth-order valence-corrected chi connectivity index (χ4v) is 3.81. The van der Waals surface area contributed by atoms with E-state index in [0.29, 0.717) is 19.6 Å². The molecule has 2 rings (SSSR count). The van der Waals surface area contributed by atoms with Crippen LogP contribution < -0.4 is 4.74 Å². The first-order valence-corrected chi connectivity index (χ1v) is 10.2. The zero-order valence-electron chi connectivity index (χ0n) is 15.2. The summed E-state index contributed by atoms with van der Waals surface area (Å²) in [6.07, 6.45) is 1.54. The number of allylic oxidation sites excluding steroid dienone is 1. The average molecular weight is 498 g/mol. The lowest BCUT2D eigenvalue weighted by Crippen LogP contribution is -2.26. The summed E-state index contributed by atoms with van der Waals surface area (Å²) in [4.78, 5) is 11.2. The number of ether oxygens (including phenoxy) is 2. The van der Waals surface area contributed by atoms with Gasteiger partial charge < -0.3 is 14.6 Å². The van der Waals surface area contributed by atoms with E-state index in [-0.39, 0.29) is 0 Å². The number of carboxylic acid groups (broad SMARTS) is 1. The zero-order valence-corrected chi connectivity index (χ0v) is 18.4. The molecule has 1 unspecified atom stereocenters. The van der Waals surface area contributed by atoms with Gasteiger partial charge in [-0.2, -0.15) is 0 Å². The molecular weight excluding hydrogens is 476 g/mol. The Kier molecular flexibility index (Phi) is 8.54. The van der Waals surface area contributed by atoms with Crippen molar-refractivity contribution in [2.75, 3.05) is 13.2 Å². The summed E-state index contributed by atoms with van der Waals surface area (Å²) in [5.74, 6) is -0.210. The monoisotopic (exact) mass is 496 g/mol. The Hall–Kier alpha value is -1.63. The number of halogens is 2. The van der Waals surface area contributed by atoms with Crippen LogP contribution in [0.4, 0.5) is 0 Å². The van der Waals surface area contributed by atoms with E-state index in [1.165, 1.54) is 0 Å². The highest BCUT2D eigenvalue weighted by atomic mass is 79.9. The molecule has 0 aromatic heterocycles. The SMILES string of the molecule is CCOC(Cc1ccc(OCC=C(C)c2cc(Br)cc(Br)c2)cc1)C(=O)O. The van der Waals surface area contributed by atoms with Crippen molar-refractivity contribution >= 4 is 43.4 Å². The maximum Gasteiger partial charge on any atom is 0.333 e. The van der Waals surface area contributed by atoms with Crippen molar-refractivity contribution in [3.8, 4) is 5.75 Å². The lowest BCUT2D eigenvalue weighted by molar-refractivity contribution is -0.149. The van der Waals surface area contributed by atoms with Gasteiger partial charge in [0.25, 0.3) is 0 Å². The molecule has 1 N–H and O–H groups in total. The van der Waals surface area contributed by atoms with Crippen LogP contribution >= 0.6 is 31.9 Å². The highest BCUT2D eigenvalue weighted by molar-refractivity contribution is 9.11. The van der Waals surface area contributed by atoms with Crippen LogP contribution in [-0.2, 0) is 16.0 Å². The standard InChI is InChI=1S/C21H22Br2O4/c1-3-26-20(21(24)25)10-15-4-6-19(7-5-15)27-9-8-14(2)16-11-17(22)13-18(23)12-16/h4-8,11-13,20H,3,9-10H2,1-2H3,(H,24,25). The third kappa shape index (κ3) is 7.13. The topological polar surface area (TPSA) is 55.8 Å². The van der Waals surface area contributed by atoms with E-state index in [1.54, 1.807) is 6.92 Å². The number of rotatable bonds is 9. The van der Waals surface area contributed by atoms with Crippen LogP contribution in [0.15, 0.2) is 57.5 Å². The Balaban J connectivity index is 1.93. The molecule has 0 saturated carbocycles. The van der Waals surface area contributed by atoms with Crippen molar-refractivity contribution in [3.05, 3.63) is 68.6 Å². The van der Waals surface area contributed by atoms with E-state index in [9.17, 15) is 4.79 Å². The second kappa shape index (κ2) is 10.6. The minimum Gasteiger partial charge on any atom is -0.490 e. The van der Waals surface area contributed by atoms with Crippen molar-refractivity contribution in [3.63, 3.8) is 0 Å². The molecule has 0 saturated heterocycles. The Labute approximate surface area is 176 Å². The van der Waals surface area contributed by atoms with Gasteiger partial charge in [-0.3, -0.25) is 0 Å². The van der Waals surface area contributed by atoms with Gasteiger partial charge in [0.2, 0.25) is 0 Å². The van der Waals surface area contributed by atoms with Gasteiger partial charge in [-0.25, -0.2) is 4.79 Å². The predicted octanol–water partition coefficient (Wildman–Crippen LogP) is 5.73. The second-order valence-corrected chi connectivity index (χ2v) is 7.82. The third-order valence-corrected chi connectivity index (χ3v) is 4.86. The van der Waals surface area contributed by atoms with Crippen molar-refractivity contribution < 1.29 is 19.4 Å². The van der Waals surface area contributed by atoms with Gasteiger partial charge in [0.05, 0.1) is 0 Å². The van der Waals surface area contributed by atoms with Gasteiger partial charge in [-0.05, 0) is 67.0 Å². The fraction of sp³-hybridized carbons (Fsp3) is 0.286. The molecule has 0 aliphatic heterocycles. The summed E-state index contributed by atoms with van der Waals surface area (Å²) in [6, 6.07) is 13.5. The van der Waals surface area contributed by atoms with Crippen molar-refractivity contribution in [1.29, 1.82) is 0 Å². The number of aliphatic carboxylic acids is 1. The summed E-state index contributed by atoms with van der Waals surface area (Å²) < 4.78 is 13.0. The van der Waals surface area contributed by atoms with E-state index in [2.05, 4.69) is 44.0 Å². The van der Waals surface area contributed by atoms with Gasteiger partial charge in [-0.15, -0.1) is 0 Å². The fourth-order valence-electron chi connectivity index (χ4n) is 2.52. The summed E-state index contributed by atoms with van der Waals surface area (Å²) in [5.41, 5.74) is 3.13. The molecule has 27 heavy (non-hydrogen) atoms. The molecule has 0 fully saturated rings. The quantitative estimate of drug-likeness (QED) is 0.480. The smallest absolute Gasteiger partial charge is 0.333 e. The van der Waals surface area contributed by atoms with Gasteiger partial charge in [0.15, 0.2) is 6.10 Å². The van der Waals surface area contributed by atoms with Gasteiger partial charge in [0, 0.05) is 22.0 Å². The van der Waals surface area contributed by atoms with E-state index in [1.807, 2.05) is 43.3 Å². The lowest BCUT2D eigenvalue weighted by Gasteiger charge is -2.12. The Morgan fingerprint density at radius 2 is 1.78 bits per heavy atom. The molecule has 2 aromatic rings. The van der Waals surface area contributed by atoms with Crippen LogP contribution in [0.25, 0.3) is 5.57 Å². The largest absolute Gasteiger partial charge is 0.490 e. The van der Waals surface area contributed by atoms with Crippen LogP contribution in [0.2, 0.25) is 0 Å². The first kappa shape index (κ1) is 21.7. The molecule has 0 amide bonds.